The van der Waals surface area contributed by atoms with Crippen molar-refractivity contribution < 1.29 is 9.18 Å². The van der Waals surface area contributed by atoms with Gasteiger partial charge in [0.1, 0.15) is 17.4 Å². The molecule has 0 aliphatic rings. The van der Waals surface area contributed by atoms with Gasteiger partial charge in [-0.15, -0.1) is 0 Å². The van der Waals surface area contributed by atoms with Crippen LogP contribution in [0.5, 0.6) is 0 Å². The summed E-state index contributed by atoms with van der Waals surface area (Å²) in [5, 5.41) is 19.1. The molecule has 0 saturated carbocycles. The highest BCUT2D eigenvalue weighted by Gasteiger charge is 2.22. The number of nitrogens with one attached hydrogen (secondary N) is 2. The normalized spacial score (nSPS) is 11.7. The summed E-state index contributed by atoms with van der Waals surface area (Å²) in [7, 11) is 1.85. The fourth-order valence-electron chi connectivity index (χ4n) is 2.87. The van der Waals surface area contributed by atoms with Crippen molar-refractivity contribution in [2.24, 2.45) is 7.05 Å². The molecule has 0 spiro atoms. The highest BCUT2D eigenvalue weighted by atomic mass is 19.1. The standard InChI is InChI=1S/C18H22FN5O/c1-11(17-12(2)23-24(4)13(17)3)18(25)22-9-8-21-16-7-5-6-15(19)14(16)10-20/h5-7,11,21H,8-9H2,1-4H3,(H,22,25)/t11-/m0/s1. The van der Waals surface area contributed by atoms with Crippen molar-refractivity contribution in [3.8, 4) is 6.07 Å². The number of carbonyl (C=O) groups excluding carboxylic acids is 1. The Kier molecular flexibility index (Phi) is 5.75. The molecule has 25 heavy (non-hydrogen) atoms. The number of aryl methyl sites for hydroxylation is 2. The summed E-state index contributed by atoms with van der Waals surface area (Å²) in [6.07, 6.45) is 0. The molecule has 0 radical (unpaired) electrons. The van der Waals surface area contributed by atoms with E-state index in [9.17, 15) is 9.18 Å². The maximum absolute atomic E-state index is 13.5. The van der Waals surface area contributed by atoms with E-state index in [1.165, 1.54) is 12.1 Å². The Morgan fingerprint density at radius 1 is 1.40 bits per heavy atom. The van der Waals surface area contributed by atoms with Gasteiger partial charge in [0.2, 0.25) is 5.91 Å². The van der Waals surface area contributed by atoms with Gasteiger partial charge >= 0.3 is 0 Å². The van der Waals surface area contributed by atoms with E-state index in [2.05, 4.69) is 15.7 Å². The zero-order chi connectivity index (χ0) is 18.6. The van der Waals surface area contributed by atoms with Crippen LogP contribution in [0.3, 0.4) is 0 Å². The molecular formula is C18H22FN5O. The summed E-state index contributed by atoms with van der Waals surface area (Å²) >= 11 is 0. The molecule has 6 nitrogen and oxygen atoms in total. The Morgan fingerprint density at radius 3 is 2.72 bits per heavy atom. The molecule has 0 unspecified atom stereocenters. The number of hydrogen-bond acceptors (Lipinski definition) is 4. The van der Waals surface area contributed by atoms with E-state index >= 15 is 0 Å². The van der Waals surface area contributed by atoms with E-state index in [0.29, 0.717) is 18.8 Å². The van der Waals surface area contributed by atoms with Gasteiger partial charge in [0.15, 0.2) is 0 Å². The summed E-state index contributed by atoms with van der Waals surface area (Å²) in [4.78, 5) is 12.4. The van der Waals surface area contributed by atoms with Gasteiger partial charge in [0.05, 0.1) is 17.3 Å². The second-order valence-corrected chi connectivity index (χ2v) is 5.92. The summed E-state index contributed by atoms with van der Waals surface area (Å²) in [5.74, 6) is -0.967. The van der Waals surface area contributed by atoms with E-state index in [-0.39, 0.29) is 17.4 Å². The lowest BCUT2D eigenvalue weighted by Gasteiger charge is -2.14. The fourth-order valence-corrected chi connectivity index (χ4v) is 2.87. The first-order chi connectivity index (χ1) is 11.9. The molecule has 1 heterocycles. The van der Waals surface area contributed by atoms with Crippen molar-refractivity contribution in [3.63, 3.8) is 0 Å². The van der Waals surface area contributed by atoms with Crippen molar-refractivity contribution in [3.05, 3.63) is 46.5 Å². The number of halogens is 1. The lowest BCUT2D eigenvalue weighted by atomic mass is 9.98. The lowest BCUT2D eigenvalue weighted by molar-refractivity contribution is -0.122. The first kappa shape index (κ1) is 18.5. The molecule has 1 amide bonds. The minimum atomic E-state index is -0.562. The lowest BCUT2D eigenvalue weighted by Crippen LogP contribution is -2.32. The summed E-state index contributed by atoms with van der Waals surface area (Å²) in [6, 6.07) is 6.24. The Labute approximate surface area is 146 Å². The molecule has 2 aromatic rings. The minimum Gasteiger partial charge on any atom is -0.382 e. The van der Waals surface area contributed by atoms with Crippen LogP contribution in [0.4, 0.5) is 10.1 Å². The quantitative estimate of drug-likeness (QED) is 0.789. The Bertz CT molecular complexity index is 822. The summed E-state index contributed by atoms with van der Waals surface area (Å²) in [6.45, 7) is 6.43. The molecule has 2 N–H and O–H groups in total. The van der Waals surface area contributed by atoms with Gasteiger partial charge in [0.25, 0.3) is 0 Å². The highest BCUT2D eigenvalue weighted by molar-refractivity contribution is 5.83. The number of aromatic nitrogens is 2. The highest BCUT2D eigenvalue weighted by Crippen LogP contribution is 2.22. The monoisotopic (exact) mass is 343 g/mol. The van der Waals surface area contributed by atoms with Crippen LogP contribution in [0.25, 0.3) is 0 Å². The molecule has 132 valence electrons. The molecule has 7 heteroatoms. The molecule has 1 atom stereocenters. The van der Waals surface area contributed by atoms with Gasteiger partial charge in [-0.25, -0.2) is 4.39 Å². The number of hydrogen-bond donors (Lipinski definition) is 2. The number of benzene rings is 1. The topological polar surface area (TPSA) is 82.7 Å². The van der Waals surface area contributed by atoms with Crippen molar-refractivity contribution in [2.45, 2.75) is 26.7 Å². The Hall–Kier alpha value is -2.88. The van der Waals surface area contributed by atoms with Gasteiger partial charge in [-0.1, -0.05) is 6.07 Å². The number of anilines is 1. The second kappa shape index (κ2) is 7.79. The smallest absolute Gasteiger partial charge is 0.227 e. The van der Waals surface area contributed by atoms with Crippen LogP contribution in [0.2, 0.25) is 0 Å². The number of rotatable bonds is 6. The number of nitrogens with zero attached hydrogens (tertiary/aromatic N) is 3. The molecule has 1 aromatic carbocycles. The van der Waals surface area contributed by atoms with E-state index in [4.69, 9.17) is 5.26 Å². The van der Waals surface area contributed by atoms with Crippen LogP contribution in [0, 0.1) is 31.0 Å². The molecule has 0 aliphatic carbocycles. The molecule has 0 fully saturated rings. The largest absolute Gasteiger partial charge is 0.382 e. The third-order valence-corrected chi connectivity index (χ3v) is 4.26. The van der Waals surface area contributed by atoms with E-state index in [1.54, 1.807) is 10.7 Å². The molecule has 0 aliphatic heterocycles. The predicted molar refractivity (Wildman–Crippen MR) is 93.7 cm³/mol. The predicted octanol–water partition coefficient (Wildman–Crippen LogP) is 2.38. The SMILES string of the molecule is Cc1nn(C)c(C)c1[C@H](C)C(=O)NCCNc1cccc(F)c1C#N. The summed E-state index contributed by atoms with van der Waals surface area (Å²) in [5.41, 5.74) is 3.15. The van der Waals surface area contributed by atoms with Crippen molar-refractivity contribution >= 4 is 11.6 Å². The van der Waals surface area contributed by atoms with Crippen LogP contribution in [-0.4, -0.2) is 28.8 Å². The van der Waals surface area contributed by atoms with Gasteiger partial charge in [-0.05, 0) is 32.9 Å². The number of amides is 1. The van der Waals surface area contributed by atoms with Gasteiger partial charge in [-0.2, -0.15) is 10.4 Å². The molecule has 0 saturated heterocycles. The maximum atomic E-state index is 13.5. The van der Waals surface area contributed by atoms with Crippen molar-refractivity contribution in [2.75, 3.05) is 18.4 Å². The third kappa shape index (κ3) is 3.97. The first-order valence-electron chi connectivity index (χ1n) is 8.07. The zero-order valence-electron chi connectivity index (χ0n) is 14.9. The average molecular weight is 343 g/mol. The minimum absolute atomic E-state index is 0.0243. The third-order valence-electron chi connectivity index (χ3n) is 4.26. The van der Waals surface area contributed by atoms with E-state index in [1.807, 2.05) is 33.9 Å². The number of nitriles is 1. The Morgan fingerprint density at radius 2 is 2.12 bits per heavy atom. The molecule has 2 rings (SSSR count). The van der Waals surface area contributed by atoms with Gasteiger partial charge < -0.3 is 10.6 Å². The second-order valence-electron chi connectivity index (χ2n) is 5.92. The zero-order valence-corrected chi connectivity index (χ0v) is 14.9. The van der Waals surface area contributed by atoms with Crippen LogP contribution in [0.1, 0.15) is 35.4 Å². The van der Waals surface area contributed by atoms with Crippen LogP contribution >= 0.6 is 0 Å². The van der Waals surface area contributed by atoms with Gasteiger partial charge in [0, 0.05) is 31.4 Å². The number of carbonyl (C=O) groups is 1. The van der Waals surface area contributed by atoms with E-state index in [0.717, 1.165) is 17.0 Å². The summed E-state index contributed by atoms with van der Waals surface area (Å²) < 4.78 is 15.3. The van der Waals surface area contributed by atoms with Crippen molar-refractivity contribution in [1.29, 1.82) is 5.26 Å². The van der Waals surface area contributed by atoms with Crippen LogP contribution < -0.4 is 10.6 Å². The van der Waals surface area contributed by atoms with Crippen molar-refractivity contribution in [1.82, 2.24) is 15.1 Å². The Balaban J connectivity index is 1.91. The fraction of sp³-hybridized carbons (Fsp3) is 0.389. The van der Waals surface area contributed by atoms with Gasteiger partial charge in [-0.3, -0.25) is 9.48 Å². The maximum Gasteiger partial charge on any atom is 0.227 e. The molecule has 1 aromatic heterocycles. The molecule has 0 bridgehead atoms. The average Bonchev–Trinajstić information content (AvgIpc) is 2.83. The van der Waals surface area contributed by atoms with Crippen LogP contribution in [-0.2, 0) is 11.8 Å². The van der Waals surface area contributed by atoms with Crippen LogP contribution in [0.15, 0.2) is 18.2 Å². The first-order valence-corrected chi connectivity index (χ1v) is 8.07. The molecular weight excluding hydrogens is 321 g/mol. The van der Waals surface area contributed by atoms with E-state index < -0.39 is 5.82 Å².